The highest BCUT2D eigenvalue weighted by atomic mass is 19.1. The summed E-state index contributed by atoms with van der Waals surface area (Å²) < 4.78 is 38.1. The fourth-order valence-electron chi connectivity index (χ4n) is 4.53. The van der Waals surface area contributed by atoms with Gasteiger partial charge in [0.2, 0.25) is 0 Å². The number of carbonyl (C=O) groups is 2. The molecule has 17 nitrogen and oxygen atoms in total. The Balaban J connectivity index is 1.23. The summed E-state index contributed by atoms with van der Waals surface area (Å²) in [5.41, 5.74) is 6.79. The summed E-state index contributed by atoms with van der Waals surface area (Å²) in [4.78, 5) is 78.8. The Bertz CT molecular complexity index is 1620. The van der Waals surface area contributed by atoms with Crippen molar-refractivity contribution in [3.05, 3.63) is 75.6 Å². The summed E-state index contributed by atoms with van der Waals surface area (Å²) in [6, 6.07) is -0.781. The Morgan fingerprint density at radius 2 is 1.40 bits per heavy atom. The maximum atomic E-state index is 14.5. The number of ether oxygens (including phenoxy) is 4. The Hall–Kier alpha value is -4.54. The second kappa shape index (κ2) is 13.0. The fourth-order valence-corrected chi connectivity index (χ4v) is 4.53. The van der Waals surface area contributed by atoms with Crippen LogP contribution in [0, 0.1) is 13.8 Å². The molecule has 2 fully saturated rings. The maximum absolute atomic E-state index is 14.5. The van der Waals surface area contributed by atoms with Crippen LogP contribution in [0.2, 0.25) is 0 Å². The Morgan fingerprint density at radius 1 is 0.929 bits per heavy atom. The average molecular weight is 594 g/mol. The number of hydrogen-bond acceptors (Lipinski definition) is 11. The molecule has 4 rings (SSSR count). The lowest BCUT2D eigenvalue weighted by Crippen LogP contribution is -2.33. The molecule has 0 aliphatic carbocycles. The molecule has 2 saturated heterocycles. The third-order valence-electron chi connectivity index (χ3n) is 6.83. The highest BCUT2D eigenvalue weighted by molar-refractivity contribution is 5.77. The van der Waals surface area contributed by atoms with Gasteiger partial charge in [0.05, 0.1) is 18.9 Å². The Kier molecular flexibility index (Phi) is 9.39. The topological polar surface area (TPSA) is 230 Å². The van der Waals surface area contributed by atoms with E-state index in [0.717, 1.165) is 9.13 Å². The van der Waals surface area contributed by atoms with Crippen LogP contribution in [0.4, 0.5) is 4.39 Å². The monoisotopic (exact) mass is 593 g/mol. The molecule has 0 spiro atoms. The number of nitrogens with zero attached hydrogens (tertiary/aromatic N) is 5. The summed E-state index contributed by atoms with van der Waals surface area (Å²) in [5, 5.41) is 3.63. The van der Waals surface area contributed by atoms with E-state index in [-0.39, 0.29) is 43.4 Å². The molecule has 4 heterocycles. The smallest absolute Gasteiger partial charge is 0.330 e. The van der Waals surface area contributed by atoms with Crippen molar-refractivity contribution in [3.63, 3.8) is 0 Å². The lowest BCUT2D eigenvalue weighted by Gasteiger charge is -2.17. The van der Waals surface area contributed by atoms with Crippen LogP contribution in [-0.2, 0) is 28.5 Å². The number of aromatic nitrogens is 4. The molecule has 2 aliphatic heterocycles. The number of hydrogen-bond donors (Lipinski definition) is 2. The summed E-state index contributed by atoms with van der Waals surface area (Å²) in [6.07, 6.45) is -3.79. The molecule has 2 aliphatic rings. The van der Waals surface area contributed by atoms with Crippen molar-refractivity contribution in [3.8, 4) is 0 Å². The number of aromatic amines is 2. The first-order chi connectivity index (χ1) is 20.0. The second-order valence-corrected chi connectivity index (χ2v) is 9.84. The Labute approximate surface area is 234 Å². The standard InChI is InChI=1S/C24H28FN7O10/c1-11-7-31(23(37)27-21(11)35)17-5-13(25)15(41-17)9-39-19(33)3-4-20(34)40-10-16-14(29-30-26)6-18(42-16)32-8-12(2)22(36)28-24(32)38/h7-8,13-18H,3-6,9-10H2,1-2H3,(H,27,35,37)(H,28,36,38)/t13?,14?,15-,16+,17-,18+/m1/s1. The van der Waals surface area contributed by atoms with Crippen LogP contribution in [0.15, 0.2) is 36.7 Å². The zero-order valence-electron chi connectivity index (χ0n) is 22.6. The Morgan fingerprint density at radius 3 is 1.93 bits per heavy atom. The van der Waals surface area contributed by atoms with Crippen molar-refractivity contribution in [2.24, 2.45) is 5.11 Å². The predicted molar refractivity (Wildman–Crippen MR) is 138 cm³/mol. The highest BCUT2D eigenvalue weighted by Crippen LogP contribution is 2.31. The van der Waals surface area contributed by atoms with E-state index >= 15 is 0 Å². The number of nitrogens with one attached hydrogen (secondary N) is 2. The molecule has 0 saturated carbocycles. The number of rotatable bonds is 10. The molecule has 2 N–H and O–H groups in total. The molecule has 18 heteroatoms. The molecule has 0 amide bonds. The first-order valence-electron chi connectivity index (χ1n) is 12.9. The van der Waals surface area contributed by atoms with Gasteiger partial charge in [0, 0.05) is 41.3 Å². The van der Waals surface area contributed by atoms with E-state index in [0.29, 0.717) is 0 Å². The summed E-state index contributed by atoms with van der Waals surface area (Å²) in [6.45, 7) is 2.19. The first kappa shape index (κ1) is 30.4. The van der Waals surface area contributed by atoms with Crippen molar-refractivity contribution >= 4 is 11.9 Å². The van der Waals surface area contributed by atoms with Gasteiger partial charge >= 0.3 is 23.3 Å². The first-order valence-corrected chi connectivity index (χ1v) is 12.9. The summed E-state index contributed by atoms with van der Waals surface area (Å²) in [5.74, 6) is -1.61. The number of carbonyl (C=O) groups excluding carboxylic acids is 2. The SMILES string of the molecule is Cc1cn([C@@H]2CC(N=[N+]=[N-])[C@H](COC(=O)CCC(=O)OC[C@H]3O[C@@H](n4cc(C)c(=O)[nH]c4=O)CC3F)O2)c(=O)[nH]c1=O. The number of H-pyrrole nitrogens is 2. The number of halogens is 1. The van der Waals surface area contributed by atoms with Crippen molar-refractivity contribution in [2.75, 3.05) is 13.2 Å². The third-order valence-corrected chi connectivity index (χ3v) is 6.83. The summed E-state index contributed by atoms with van der Waals surface area (Å²) in [7, 11) is 0. The van der Waals surface area contributed by atoms with Crippen LogP contribution in [0.25, 0.3) is 10.4 Å². The van der Waals surface area contributed by atoms with E-state index in [9.17, 15) is 33.2 Å². The van der Waals surface area contributed by atoms with E-state index in [4.69, 9.17) is 24.5 Å². The van der Waals surface area contributed by atoms with Gasteiger partial charge in [-0.1, -0.05) is 5.11 Å². The van der Waals surface area contributed by atoms with Crippen molar-refractivity contribution in [2.45, 2.75) is 76.4 Å². The number of azide groups is 1. The normalized spacial score (nSPS) is 25.1. The van der Waals surface area contributed by atoms with E-state index in [1.54, 1.807) is 0 Å². The zero-order chi connectivity index (χ0) is 30.6. The number of alkyl halides is 1. The van der Waals surface area contributed by atoms with E-state index in [1.165, 1.54) is 26.2 Å². The van der Waals surface area contributed by atoms with Crippen LogP contribution >= 0.6 is 0 Å². The highest BCUT2D eigenvalue weighted by Gasteiger charge is 2.39. The van der Waals surface area contributed by atoms with Crippen LogP contribution in [0.1, 0.15) is 49.3 Å². The quantitative estimate of drug-likeness (QED) is 0.164. The van der Waals surface area contributed by atoms with Crippen molar-refractivity contribution in [1.82, 2.24) is 19.1 Å². The minimum Gasteiger partial charge on any atom is -0.463 e. The molecule has 2 aromatic rings. The number of aryl methyl sites for hydroxylation is 2. The predicted octanol–water partition coefficient (Wildman–Crippen LogP) is 0.162. The van der Waals surface area contributed by atoms with Gasteiger partial charge < -0.3 is 18.9 Å². The van der Waals surface area contributed by atoms with Crippen LogP contribution < -0.4 is 22.5 Å². The lowest BCUT2D eigenvalue weighted by molar-refractivity contribution is -0.155. The molecular weight excluding hydrogens is 565 g/mol. The largest absolute Gasteiger partial charge is 0.463 e. The fraction of sp³-hybridized carbons (Fsp3) is 0.583. The average Bonchev–Trinajstić information content (AvgIpc) is 3.52. The van der Waals surface area contributed by atoms with Crippen LogP contribution in [0.5, 0.6) is 0 Å². The molecule has 2 aromatic heterocycles. The van der Waals surface area contributed by atoms with E-state index in [1.807, 2.05) is 0 Å². The molecule has 2 unspecified atom stereocenters. The molecular formula is C24H28FN7O10. The molecule has 0 aromatic carbocycles. The minimum absolute atomic E-state index is 0.0834. The van der Waals surface area contributed by atoms with E-state index in [2.05, 4.69) is 20.0 Å². The van der Waals surface area contributed by atoms with Gasteiger partial charge in [0.1, 0.15) is 44.0 Å². The van der Waals surface area contributed by atoms with Gasteiger partial charge in [-0.25, -0.2) is 14.0 Å². The van der Waals surface area contributed by atoms with Crippen molar-refractivity contribution in [1.29, 1.82) is 0 Å². The number of esters is 2. The van der Waals surface area contributed by atoms with Crippen LogP contribution in [-0.4, -0.2) is 68.7 Å². The second-order valence-electron chi connectivity index (χ2n) is 9.84. The maximum Gasteiger partial charge on any atom is 0.330 e. The third kappa shape index (κ3) is 7.02. The zero-order valence-corrected chi connectivity index (χ0v) is 22.6. The van der Waals surface area contributed by atoms with Gasteiger partial charge in [-0.05, 0) is 19.4 Å². The molecule has 0 radical (unpaired) electrons. The molecule has 0 bridgehead atoms. The van der Waals surface area contributed by atoms with Crippen LogP contribution in [0.3, 0.4) is 0 Å². The van der Waals surface area contributed by atoms with Gasteiger partial charge in [0.25, 0.3) is 11.1 Å². The molecule has 42 heavy (non-hydrogen) atoms. The molecule has 226 valence electrons. The summed E-state index contributed by atoms with van der Waals surface area (Å²) >= 11 is 0. The lowest BCUT2D eigenvalue weighted by atomic mass is 10.1. The van der Waals surface area contributed by atoms with Gasteiger partial charge in [-0.2, -0.15) is 0 Å². The van der Waals surface area contributed by atoms with Gasteiger partial charge in [0.15, 0.2) is 0 Å². The minimum atomic E-state index is -1.55. The van der Waals surface area contributed by atoms with Crippen molar-refractivity contribution < 1.29 is 32.9 Å². The van der Waals surface area contributed by atoms with E-state index < -0.39 is 77.9 Å². The van der Waals surface area contributed by atoms with Gasteiger partial charge in [-0.3, -0.25) is 38.3 Å². The molecule has 6 atom stereocenters. The van der Waals surface area contributed by atoms with Gasteiger partial charge in [-0.15, -0.1) is 0 Å².